The van der Waals surface area contributed by atoms with Gasteiger partial charge in [0, 0.05) is 51.9 Å². The van der Waals surface area contributed by atoms with Gasteiger partial charge in [0.2, 0.25) is 11.6 Å². The molecule has 3 rings (SSSR count). The maximum atomic E-state index is 14.7. The summed E-state index contributed by atoms with van der Waals surface area (Å²) in [5, 5.41) is 0. The molecule has 0 atom stereocenters. The molecule has 1 aromatic carbocycles. The van der Waals surface area contributed by atoms with Crippen LogP contribution in [0.25, 0.3) is 0 Å². The Morgan fingerprint density at radius 1 is 1.10 bits per heavy atom. The maximum Gasteiger partial charge on any atom is 0.344 e. The summed E-state index contributed by atoms with van der Waals surface area (Å²) in [7, 11) is 1.64. The summed E-state index contributed by atoms with van der Waals surface area (Å²) < 4.78 is 30.1. The third-order valence-corrected chi connectivity index (χ3v) is 5.06. The molecule has 0 radical (unpaired) electrons. The SMILES string of the molecule is CCOC(=O)C1(F)CCN(c2ncc(Cc3ccc(OCCOC)cc3)cn2)CC1. The molecule has 1 fully saturated rings. The standard InChI is InChI=1S/C22H28FN3O4/c1-3-29-20(27)22(23)8-10-26(11-9-22)21-24-15-18(16-25-21)14-17-4-6-19(7-5-17)30-13-12-28-2/h4-7,15-16H,3,8-14H2,1-2H3. The number of hydrogen-bond acceptors (Lipinski definition) is 7. The highest BCUT2D eigenvalue weighted by atomic mass is 19.1. The Labute approximate surface area is 176 Å². The van der Waals surface area contributed by atoms with E-state index in [4.69, 9.17) is 14.2 Å². The molecule has 0 aliphatic carbocycles. The van der Waals surface area contributed by atoms with Gasteiger partial charge in [0.15, 0.2) is 0 Å². The van der Waals surface area contributed by atoms with Crippen molar-refractivity contribution in [2.24, 2.45) is 0 Å². The van der Waals surface area contributed by atoms with Crippen molar-refractivity contribution in [3.8, 4) is 5.75 Å². The highest BCUT2D eigenvalue weighted by Crippen LogP contribution is 2.29. The van der Waals surface area contributed by atoms with E-state index in [2.05, 4.69) is 9.97 Å². The monoisotopic (exact) mass is 417 g/mol. The van der Waals surface area contributed by atoms with Crippen molar-refractivity contribution < 1.29 is 23.4 Å². The van der Waals surface area contributed by atoms with Gasteiger partial charge in [0.1, 0.15) is 12.4 Å². The van der Waals surface area contributed by atoms with Crippen molar-refractivity contribution in [2.45, 2.75) is 31.9 Å². The molecule has 1 aliphatic rings. The lowest BCUT2D eigenvalue weighted by Crippen LogP contribution is -2.47. The molecule has 0 N–H and O–H groups in total. The van der Waals surface area contributed by atoms with Gasteiger partial charge in [-0.3, -0.25) is 0 Å². The molecule has 2 aromatic rings. The Bertz CT molecular complexity index is 806. The lowest BCUT2D eigenvalue weighted by molar-refractivity contribution is -0.158. The summed E-state index contributed by atoms with van der Waals surface area (Å²) in [4.78, 5) is 22.6. The van der Waals surface area contributed by atoms with Crippen molar-refractivity contribution in [1.82, 2.24) is 9.97 Å². The Morgan fingerprint density at radius 3 is 2.37 bits per heavy atom. The van der Waals surface area contributed by atoms with Gasteiger partial charge < -0.3 is 19.1 Å². The Morgan fingerprint density at radius 2 is 1.77 bits per heavy atom. The van der Waals surface area contributed by atoms with Crippen LogP contribution in [0.3, 0.4) is 0 Å². The number of halogens is 1. The van der Waals surface area contributed by atoms with E-state index in [0.717, 1.165) is 16.9 Å². The third kappa shape index (κ3) is 5.66. The number of carbonyl (C=O) groups excluding carboxylic acids is 1. The van der Waals surface area contributed by atoms with Crippen LogP contribution in [0.15, 0.2) is 36.7 Å². The van der Waals surface area contributed by atoms with E-state index >= 15 is 0 Å². The van der Waals surface area contributed by atoms with Crippen molar-refractivity contribution in [1.29, 1.82) is 0 Å². The zero-order chi connectivity index (χ0) is 21.4. The first-order valence-corrected chi connectivity index (χ1v) is 10.2. The lowest BCUT2D eigenvalue weighted by Gasteiger charge is -2.34. The largest absolute Gasteiger partial charge is 0.491 e. The van der Waals surface area contributed by atoms with E-state index in [9.17, 15) is 9.18 Å². The maximum absolute atomic E-state index is 14.7. The fourth-order valence-corrected chi connectivity index (χ4v) is 3.31. The van der Waals surface area contributed by atoms with Gasteiger partial charge in [-0.1, -0.05) is 12.1 Å². The number of hydrogen-bond donors (Lipinski definition) is 0. The average molecular weight is 417 g/mol. The minimum Gasteiger partial charge on any atom is -0.491 e. The summed E-state index contributed by atoms with van der Waals surface area (Å²) in [5.74, 6) is 0.585. The Balaban J connectivity index is 1.52. The topological polar surface area (TPSA) is 73.8 Å². The molecule has 1 saturated heterocycles. The number of rotatable bonds is 9. The second-order valence-electron chi connectivity index (χ2n) is 7.23. The first-order valence-electron chi connectivity index (χ1n) is 10.2. The van der Waals surface area contributed by atoms with Crippen LogP contribution in [0.1, 0.15) is 30.9 Å². The quantitative estimate of drug-likeness (QED) is 0.459. The van der Waals surface area contributed by atoms with E-state index in [-0.39, 0.29) is 19.4 Å². The van der Waals surface area contributed by atoms with E-state index in [0.29, 0.717) is 38.7 Å². The molecule has 162 valence electrons. The number of ether oxygens (including phenoxy) is 3. The predicted octanol–water partition coefficient (Wildman–Crippen LogP) is 2.96. The molecular formula is C22H28FN3O4. The molecular weight excluding hydrogens is 389 g/mol. The van der Waals surface area contributed by atoms with Gasteiger partial charge >= 0.3 is 5.97 Å². The molecule has 2 heterocycles. The van der Waals surface area contributed by atoms with Gasteiger partial charge in [0.25, 0.3) is 0 Å². The van der Waals surface area contributed by atoms with Gasteiger partial charge in [-0.25, -0.2) is 19.2 Å². The number of esters is 1. The van der Waals surface area contributed by atoms with Crippen LogP contribution in [-0.2, 0) is 20.7 Å². The minimum absolute atomic E-state index is 0.0791. The molecule has 0 unspecified atom stereocenters. The summed E-state index contributed by atoms with van der Waals surface area (Å²) in [6.07, 6.45) is 4.43. The number of piperidine rings is 1. The van der Waals surface area contributed by atoms with Crippen LogP contribution in [0.5, 0.6) is 5.75 Å². The van der Waals surface area contributed by atoms with Crippen molar-refractivity contribution in [3.05, 3.63) is 47.8 Å². The number of carbonyl (C=O) groups is 1. The highest BCUT2D eigenvalue weighted by molar-refractivity contribution is 5.79. The number of anilines is 1. The smallest absolute Gasteiger partial charge is 0.344 e. The summed E-state index contributed by atoms with van der Waals surface area (Å²) in [6, 6.07) is 7.88. The summed E-state index contributed by atoms with van der Waals surface area (Å²) in [6.45, 7) is 3.68. The Hall–Kier alpha value is -2.74. The van der Waals surface area contributed by atoms with Gasteiger partial charge in [-0.2, -0.15) is 0 Å². The van der Waals surface area contributed by atoms with Crippen LogP contribution in [0.4, 0.5) is 10.3 Å². The number of methoxy groups -OCH3 is 1. The average Bonchev–Trinajstić information content (AvgIpc) is 2.76. The van der Waals surface area contributed by atoms with Crippen LogP contribution >= 0.6 is 0 Å². The zero-order valence-electron chi connectivity index (χ0n) is 17.5. The number of benzene rings is 1. The second-order valence-corrected chi connectivity index (χ2v) is 7.23. The van der Waals surface area contributed by atoms with E-state index in [1.165, 1.54) is 0 Å². The Kier molecular flexibility index (Phi) is 7.57. The lowest BCUT2D eigenvalue weighted by atomic mass is 9.93. The minimum atomic E-state index is -1.91. The van der Waals surface area contributed by atoms with Gasteiger partial charge in [0.05, 0.1) is 13.2 Å². The van der Waals surface area contributed by atoms with Crippen LogP contribution < -0.4 is 9.64 Å². The van der Waals surface area contributed by atoms with E-state index < -0.39 is 11.6 Å². The fourth-order valence-electron chi connectivity index (χ4n) is 3.31. The second kappa shape index (κ2) is 10.3. The third-order valence-electron chi connectivity index (χ3n) is 5.06. The fraction of sp³-hybridized carbons (Fsp3) is 0.500. The predicted molar refractivity (Wildman–Crippen MR) is 111 cm³/mol. The van der Waals surface area contributed by atoms with E-state index in [1.54, 1.807) is 26.4 Å². The number of nitrogens with zero attached hydrogens (tertiary/aromatic N) is 3. The van der Waals surface area contributed by atoms with Gasteiger partial charge in [-0.15, -0.1) is 0 Å². The molecule has 0 bridgehead atoms. The van der Waals surface area contributed by atoms with Crippen molar-refractivity contribution in [3.63, 3.8) is 0 Å². The normalized spacial score (nSPS) is 15.6. The van der Waals surface area contributed by atoms with Crippen LogP contribution in [0.2, 0.25) is 0 Å². The van der Waals surface area contributed by atoms with Crippen molar-refractivity contribution in [2.75, 3.05) is 44.9 Å². The molecule has 1 aliphatic heterocycles. The van der Waals surface area contributed by atoms with Gasteiger partial charge in [-0.05, 0) is 30.2 Å². The molecule has 0 saturated carbocycles. The molecule has 1 aromatic heterocycles. The molecule has 0 spiro atoms. The number of alkyl halides is 1. The van der Waals surface area contributed by atoms with E-state index in [1.807, 2.05) is 29.2 Å². The summed E-state index contributed by atoms with van der Waals surface area (Å²) >= 11 is 0. The number of aromatic nitrogens is 2. The highest BCUT2D eigenvalue weighted by Gasteiger charge is 2.43. The van der Waals surface area contributed by atoms with Crippen LogP contribution in [0, 0.1) is 0 Å². The zero-order valence-corrected chi connectivity index (χ0v) is 17.5. The first-order chi connectivity index (χ1) is 14.5. The molecule has 0 amide bonds. The summed E-state index contributed by atoms with van der Waals surface area (Å²) in [5.41, 5.74) is 0.196. The first kappa shape index (κ1) is 22.0. The molecule has 8 heteroatoms. The molecule has 30 heavy (non-hydrogen) atoms. The van der Waals surface area contributed by atoms with Crippen LogP contribution in [-0.4, -0.2) is 61.6 Å². The van der Waals surface area contributed by atoms with Crippen molar-refractivity contribution >= 4 is 11.9 Å². The molecule has 7 nitrogen and oxygen atoms in total.